The minimum Gasteiger partial charge on any atom is -0.497 e. The normalized spacial score (nSPS) is 17.0. The summed E-state index contributed by atoms with van der Waals surface area (Å²) in [6, 6.07) is 7.82. The van der Waals surface area contributed by atoms with Crippen molar-refractivity contribution in [2.45, 2.75) is 19.6 Å². The van der Waals surface area contributed by atoms with E-state index in [1.807, 2.05) is 41.1 Å². The second kappa shape index (κ2) is 5.46. The Labute approximate surface area is 134 Å². The Hall–Kier alpha value is -2.76. The molecule has 0 saturated heterocycles. The number of benzene rings is 1. The SMILES string of the molecule is COc1ccc2c(c1)N(Cc1cnc3ncccn13)C[C@H](C)O2. The molecule has 3 aromatic rings. The number of nitrogens with zero attached hydrogens (tertiary/aromatic N) is 4. The van der Waals surface area contributed by atoms with E-state index in [0.29, 0.717) is 0 Å². The molecule has 0 radical (unpaired) electrons. The Morgan fingerprint density at radius 2 is 2.26 bits per heavy atom. The number of rotatable bonds is 3. The van der Waals surface area contributed by atoms with Crippen molar-refractivity contribution >= 4 is 11.5 Å². The van der Waals surface area contributed by atoms with Crippen LogP contribution in [-0.2, 0) is 6.54 Å². The lowest BCUT2D eigenvalue weighted by Gasteiger charge is -2.35. The first kappa shape index (κ1) is 13.9. The van der Waals surface area contributed by atoms with Crippen LogP contribution in [0, 0.1) is 0 Å². The Kier molecular flexibility index (Phi) is 3.29. The Bertz CT molecular complexity index is 845. The number of imidazole rings is 1. The van der Waals surface area contributed by atoms with Crippen LogP contribution in [-0.4, -0.2) is 34.1 Å². The Balaban J connectivity index is 1.72. The molecule has 2 aromatic heterocycles. The zero-order valence-electron chi connectivity index (χ0n) is 13.1. The number of fused-ring (bicyclic) bond motifs is 2. The van der Waals surface area contributed by atoms with E-state index in [0.717, 1.165) is 41.7 Å². The number of anilines is 1. The largest absolute Gasteiger partial charge is 0.497 e. The van der Waals surface area contributed by atoms with Gasteiger partial charge in [0.15, 0.2) is 0 Å². The molecule has 6 heteroatoms. The molecule has 0 aliphatic carbocycles. The molecule has 3 heterocycles. The molecular formula is C17H18N4O2. The standard InChI is InChI=1S/C17H18N4O2/c1-12-10-20(15-8-14(22-2)4-5-16(15)23-12)11-13-9-19-17-18-6-3-7-21(13)17/h3-9,12H,10-11H2,1-2H3/t12-/m0/s1. The first-order chi connectivity index (χ1) is 11.2. The van der Waals surface area contributed by atoms with Gasteiger partial charge in [0.1, 0.15) is 17.6 Å². The van der Waals surface area contributed by atoms with Crippen molar-refractivity contribution in [1.29, 1.82) is 0 Å². The summed E-state index contributed by atoms with van der Waals surface area (Å²) in [4.78, 5) is 10.9. The lowest BCUT2D eigenvalue weighted by Crippen LogP contribution is -2.38. The van der Waals surface area contributed by atoms with Crippen molar-refractivity contribution in [1.82, 2.24) is 14.4 Å². The first-order valence-corrected chi connectivity index (χ1v) is 7.61. The van der Waals surface area contributed by atoms with E-state index >= 15 is 0 Å². The third-order valence-electron chi connectivity index (χ3n) is 4.03. The molecule has 0 bridgehead atoms. The minimum absolute atomic E-state index is 0.133. The quantitative estimate of drug-likeness (QED) is 0.744. The highest BCUT2D eigenvalue weighted by Gasteiger charge is 2.24. The third-order valence-corrected chi connectivity index (χ3v) is 4.03. The van der Waals surface area contributed by atoms with Gasteiger partial charge >= 0.3 is 0 Å². The summed E-state index contributed by atoms with van der Waals surface area (Å²) < 4.78 is 13.3. The number of hydrogen-bond acceptors (Lipinski definition) is 5. The van der Waals surface area contributed by atoms with Gasteiger partial charge in [0, 0.05) is 18.5 Å². The van der Waals surface area contributed by atoms with E-state index < -0.39 is 0 Å². The number of ether oxygens (including phenoxy) is 2. The average molecular weight is 310 g/mol. The highest BCUT2D eigenvalue weighted by Crippen LogP contribution is 2.37. The van der Waals surface area contributed by atoms with Gasteiger partial charge in [-0.15, -0.1) is 0 Å². The van der Waals surface area contributed by atoms with Gasteiger partial charge in [-0.2, -0.15) is 0 Å². The predicted octanol–water partition coefficient (Wildman–Crippen LogP) is 2.53. The van der Waals surface area contributed by atoms with Gasteiger partial charge < -0.3 is 14.4 Å². The summed E-state index contributed by atoms with van der Waals surface area (Å²) in [5.74, 6) is 2.43. The maximum absolute atomic E-state index is 5.94. The molecule has 1 aliphatic heterocycles. The second-order valence-corrected chi connectivity index (χ2v) is 5.68. The maximum Gasteiger partial charge on any atom is 0.233 e. The maximum atomic E-state index is 5.94. The molecule has 23 heavy (non-hydrogen) atoms. The van der Waals surface area contributed by atoms with Gasteiger partial charge in [0.2, 0.25) is 5.78 Å². The third kappa shape index (κ3) is 2.46. The van der Waals surface area contributed by atoms with Crippen molar-refractivity contribution in [2.75, 3.05) is 18.6 Å². The van der Waals surface area contributed by atoms with E-state index in [1.54, 1.807) is 13.3 Å². The summed E-state index contributed by atoms with van der Waals surface area (Å²) in [6.07, 6.45) is 5.75. The van der Waals surface area contributed by atoms with Gasteiger partial charge in [-0.25, -0.2) is 9.97 Å². The molecule has 1 aromatic carbocycles. The molecule has 118 valence electrons. The monoisotopic (exact) mass is 310 g/mol. The van der Waals surface area contributed by atoms with Crippen molar-refractivity contribution in [3.05, 3.63) is 48.5 Å². The molecule has 4 rings (SSSR count). The number of hydrogen-bond donors (Lipinski definition) is 0. The number of aromatic nitrogens is 3. The lowest BCUT2D eigenvalue weighted by atomic mass is 10.2. The van der Waals surface area contributed by atoms with Crippen molar-refractivity contribution < 1.29 is 9.47 Å². The Morgan fingerprint density at radius 3 is 3.13 bits per heavy atom. The smallest absolute Gasteiger partial charge is 0.233 e. The van der Waals surface area contributed by atoms with Gasteiger partial charge in [0.25, 0.3) is 0 Å². The van der Waals surface area contributed by atoms with Crippen LogP contribution in [0.2, 0.25) is 0 Å². The number of methoxy groups -OCH3 is 1. The average Bonchev–Trinajstić information content (AvgIpc) is 2.98. The minimum atomic E-state index is 0.133. The van der Waals surface area contributed by atoms with Gasteiger partial charge in [-0.05, 0) is 25.1 Å². The molecule has 1 atom stereocenters. The predicted molar refractivity (Wildman–Crippen MR) is 87.1 cm³/mol. The molecular weight excluding hydrogens is 292 g/mol. The summed E-state index contributed by atoms with van der Waals surface area (Å²) in [5, 5.41) is 0. The van der Waals surface area contributed by atoms with Crippen LogP contribution in [0.1, 0.15) is 12.6 Å². The second-order valence-electron chi connectivity index (χ2n) is 5.68. The van der Waals surface area contributed by atoms with E-state index in [4.69, 9.17) is 9.47 Å². The highest BCUT2D eigenvalue weighted by molar-refractivity contribution is 5.63. The van der Waals surface area contributed by atoms with Gasteiger partial charge in [-0.1, -0.05) is 0 Å². The fourth-order valence-electron chi connectivity index (χ4n) is 2.97. The van der Waals surface area contributed by atoms with Crippen molar-refractivity contribution in [3.63, 3.8) is 0 Å². The molecule has 0 unspecified atom stereocenters. The fraction of sp³-hybridized carbons (Fsp3) is 0.294. The van der Waals surface area contributed by atoms with Gasteiger partial charge in [0.05, 0.1) is 37.8 Å². The molecule has 0 spiro atoms. The van der Waals surface area contributed by atoms with E-state index in [2.05, 4.69) is 21.8 Å². The van der Waals surface area contributed by atoms with Crippen LogP contribution >= 0.6 is 0 Å². The molecule has 0 N–H and O–H groups in total. The molecule has 0 saturated carbocycles. The van der Waals surface area contributed by atoms with E-state index in [9.17, 15) is 0 Å². The van der Waals surface area contributed by atoms with E-state index in [-0.39, 0.29) is 6.10 Å². The summed E-state index contributed by atoms with van der Waals surface area (Å²) in [5.41, 5.74) is 2.14. The zero-order valence-corrected chi connectivity index (χ0v) is 13.1. The fourth-order valence-corrected chi connectivity index (χ4v) is 2.97. The van der Waals surface area contributed by atoms with Crippen LogP contribution in [0.3, 0.4) is 0 Å². The summed E-state index contributed by atoms with van der Waals surface area (Å²) >= 11 is 0. The molecule has 6 nitrogen and oxygen atoms in total. The topological polar surface area (TPSA) is 51.9 Å². The van der Waals surface area contributed by atoms with Gasteiger partial charge in [-0.3, -0.25) is 4.40 Å². The van der Waals surface area contributed by atoms with Crippen LogP contribution < -0.4 is 14.4 Å². The lowest BCUT2D eigenvalue weighted by molar-refractivity contribution is 0.211. The summed E-state index contributed by atoms with van der Waals surface area (Å²) in [6.45, 7) is 3.63. The van der Waals surface area contributed by atoms with Crippen molar-refractivity contribution in [3.8, 4) is 11.5 Å². The highest BCUT2D eigenvalue weighted by atomic mass is 16.5. The van der Waals surface area contributed by atoms with Crippen LogP contribution in [0.25, 0.3) is 5.78 Å². The van der Waals surface area contributed by atoms with Crippen LogP contribution in [0.4, 0.5) is 5.69 Å². The molecule has 1 aliphatic rings. The summed E-state index contributed by atoms with van der Waals surface area (Å²) in [7, 11) is 1.68. The van der Waals surface area contributed by atoms with Crippen LogP contribution in [0.5, 0.6) is 11.5 Å². The molecule has 0 fully saturated rings. The first-order valence-electron chi connectivity index (χ1n) is 7.61. The Morgan fingerprint density at radius 1 is 1.35 bits per heavy atom. The van der Waals surface area contributed by atoms with Crippen LogP contribution in [0.15, 0.2) is 42.9 Å². The van der Waals surface area contributed by atoms with Crippen molar-refractivity contribution in [2.24, 2.45) is 0 Å². The van der Waals surface area contributed by atoms with E-state index in [1.165, 1.54) is 0 Å². The zero-order chi connectivity index (χ0) is 15.8. The molecule has 0 amide bonds.